The lowest BCUT2D eigenvalue weighted by Crippen LogP contribution is -2.24. The van der Waals surface area contributed by atoms with Gasteiger partial charge in [0.2, 0.25) is 0 Å². The van der Waals surface area contributed by atoms with E-state index in [2.05, 4.69) is 53.5 Å². The summed E-state index contributed by atoms with van der Waals surface area (Å²) in [6.45, 7) is 6.60. The summed E-state index contributed by atoms with van der Waals surface area (Å²) in [5.74, 6) is 3.96. The van der Waals surface area contributed by atoms with Crippen LogP contribution in [-0.4, -0.2) is 36.8 Å². The standard InChI is InChI=1S/C34H34N2O4S2/c1-3-8-27-19-24(21-35-36-32(37)23-39-29-15-13-26(14-16-29)34-41-17-18-42-34)20-31(38-4-2)33(27)40-22-28-11-7-10-25-9-5-6-12-30(25)28/h3,5-7,9-16,19-21,34H,1,4,8,17-18,22-23H2,2H3,(H,36,37)/b35-21-. The van der Waals surface area contributed by atoms with Crippen LogP contribution in [0.15, 0.2) is 96.6 Å². The number of nitrogens with one attached hydrogen (secondary N) is 1. The summed E-state index contributed by atoms with van der Waals surface area (Å²) in [7, 11) is 0. The number of benzene rings is 4. The van der Waals surface area contributed by atoms with Crippen LogP contribution in [0.25, 0.3) is 10.8 Å². The van der Waals surface area contributed by atoms with Crippen molar-refractivity contribution in [1.82, 2.24) is 5.43 Å². The fraction of sp³-hybridized carbons (Fsp3) is 0.235. The predicted molar refractivity (Wildman–Crippen MR) is 175 cm³/mol. The van der Waals surface area contributed by atoms with Crippen LogP contribution in [0.2, 0.25) is 0 Å². The molecule has 4 aromatic rings. The third kappa shape index (κ3) is 7.69. The lowest BCUT2D eigenvalue weighted by atomic mass is 10.0. The number of amides is 1. The molecule has 0 unspecified atom stereocenters. The molecule has 5 rings (SSSR count). The number of ether oxygens (including phenoxy) is 3. The molecule has 1 saturated heterocycles. The normalized spacial score (nSPS) is 13.4. The molecule has 216 valence electrons. The first-order chi connectivity index (χ1) is 20.6. The van der Waals surface area contributed by atoms with E-state index in [1.54, 1.807) is 6.21 Å². The van der Waals surface area contributed by atoms with E-state index in [9.17, 15) is 4.79 Å². The van der Waals surface area contributed by atoms with Gasteiger partial charge in [-0.15, -0.1) is 30.1 Å². The second-order valence-electron chi connectivity index (χ2n) is 9.58. The molecule has 0 atom stereocenters. The summed E-state index contributed by atoms with van der Waals surface area (Å²) in [5.41, 5.74) is 6.61. The molecular formula is C34H34N2O4S2. The van der Waals surface area contributed by atoms with Crippen molar-refractivity contribution in [1.29, 1.82) is 0 Å². The van der Waals surface area contributed by atoms with Gasteiger partial charge in [-0.05, 0) is 65.1 Å². The second kappa shape index (κ2) is 14.8. The van der Waals surface area contributed by atoms with Gasteiger partial charge in [-0.2, -0.15) is 5.10 Å². The number of hydrogen-bond acceptors (Lipinski definition) is 7. The fourth-order valence-corrected chi connectivity index (χ4v) is 7.55. The van der Waals surface area contributed by atoms with E-state index < -0.39 is 0 Å². The first-order valence-electron chi connectivity index (χ1n) is 13.9. The molecule has 1 N–H and O–H groups in total. The number of allylic oxidation sites excluding steroid dienone is 1. The lowest BCUT2D eigenvalue weighted by Gasteiger charge is -2.17. The smallest absolute Gasteiger partial charge is 0.277 e. The van der Waals surface area contributed by atoms with Crippen LogP contribution >= 0.6 is 23.5 Å². The van der Waals surface area contributed by atoms with Gasteiger partial charge in [-0.1, -0.05) is 60.7 Å². The number of fused-ring (bicyclic) bond motifs is 1. The van der Waals surface area contributed by atoms with E-state index in [-0.39, 0.29) is 12.5 Å². The summed E-state index contributed by atoms with van der Waals surface area (Å²) in [6, 6.07) is 26.3. The van der Waals surface area contributed by atoms with Crippen LogP contribution in [0.5, 0.6) is 17.2 Å². The zero-order chi connectivity index (χ0) is 29.1. The number of rotatable bonds is 13. The highest BCUT2D eigenvalue weighted by Gasteiger charge is 2.18. The van der Waals surface area contributed by atoms with E-state index in [0.29, 0.717) is 41.5 Å². The Morgan fingerprint density at radius 1 is 0.976 bits per heavy atom. The first kappa shape index (κ1) is 29.6. The van der Waals surface area contributed by atoms with Crippen LogP contribution in [0.3, 0.4) is 0 Å². The molecule has 1 aliphatic heterocycles. The van der Waals surface area contributed by atoms with Gasteiger partial charge in [0.15, 0.2) is 18.1 Å². The molecule has 6 nitrogen and oxygen atoms in total. The van der Waals surface area contributed by atoms with Crippen molar-refractivity contribution in [2.24, 2.45) is 5.10 Å². The topological polar surface area (TPSA) is 69.2 Å². The molecule has 0 aliphatic carbocycles. The van der Waals surface area contributed by atoms with Gasteiger partial charge in [-0.3, -0.25) is 4.79 Å². The van der Waals surface area contributed by atoms with Crippen molar-refractivity contribution in [3.05, 3.63) is 114 Å². The summed E-state index contributed by atoms with van der Waals surface area (Å²) >= 11 is 3.92. The Hall–Kier alpha value is -3.88. The molecule has 1 heterocycles. The van der Waals surface area contributed by atoms with E-state index >= 15 is 0 Å². The Balaban J connectivity index is 1.22. The molecule has 4 aromatic carbocycles. The Bertz CT molecular complexity index is 1540. The summed E-state index contributed by atoms with van der Waals surface area (Å²) in [5, 5.41) is 6.48. The maximum Gasteiger partial charge on any atom is 0.277 e. The lowest BCUT2D eigenvalue weighted by molar-refractivity contribution is -0.123. The minimum absolute atomic E-state index is 0.129. The zero-order valence-corrected chi connectivity index (χ0v) is 25.2. The molecule has 1 fully saturated rings. The SMILES string of the molecule is C=CCc1cc(/C=N\NC(=O)COc2ccc(C3SCCS3)cc2)cc(OCC)c1OCc1cccc2ccccc12. The van der Waals surface area contributed by atoms with E-state index in [0.717, 1.165) is 22.1 Å². The van der Waals surface area contributed by atoms with Gasteiger partial charge < -0.3 is 14.2 Å². The highest BCUT2D eigenvalue weighted by Crippen LogP contribution is 2.45. The van der Waals surface area contributed by atoms with E-state index in [1.807, 2.05) is 79.0 Å². The van der Waals surface area contributed by atoms with Crippen LogP contribution in [0, 0.1) is 0 Å². The molecule has 0 radical (unpaired) electrons. The average molecular weight is 599 g/mol. The molecule has 8 heteroatoms. The van der Waals surface area contributed by atoms with Crippen LogP contribution < -0.4 is 19.6 Å². The number of nitrogens with zero attached hydrogens (tertiary/aromatic N) is 1. The van der Waals surface area contributed by atoms with Gasteiger partial charge in [0.05, 0.1) is 17.4 Å². The number of thioether (sulfide) groups is 2. The maximum atomic E-state index is 12.4. The molecular weight excluding hydrogens is 565 g/mol. The van der Waals surface area contributed by atoms with Crippen molar-refractivity contribution in [2.45, 2.75) is 24.5 Å². The van der Waals surface area contributed by atoms with E-state index in [1.165, 1.54) is 22.5 Å². The quantitative estimate of drug-likeness (QED) is 0.0974. The van der Waals surface area contributed by atoms with Crippen LogP contribution in [0.1, 0.15) is 33.8 Å². The van der Waals surface area contributed by atoms with Gasteiger partial charge in [0.1, 0.15) is 12.4 Å². The number of hydrazone groups is 1. The number of carbonyl (C=O) groups is 1. The maximum absolute atomic E-state index is 12.4. The zero-order valence-electron chi connectivity index (χ0n) is 23.6. The van der Waals surface area contributed by atoms with Crippen molar-refractivity contribution < 1.29 is 19.0 Å². The molecule has 1 amide bonds. The Kier molecular flexibility index (Phi) is 10.5. The molecule has 0 saturated carbocycles. The predicted octanol–water partition coefficient (Wildman–Crippen LogP) is 7.55. The van der Waals surface area contributed by atoms with E-state index in [4.69, 9.17) is 14.2 Å². The van der Waals surface area contributed by atoms with Gasteiger partial charge in [0, 0.05) is 17.1 Å². The minimum atomic E-state index is -0.344. The third-order valence-electron chi connectivity index (χ3n) is 6.62. The van der Waals surface area contributed by atoms with Crippen LogP contribution in [0.4, 0.5) is 0 Å². The second-order valence-corrected chi connectivity index (χ2v) is 12.3. The Labute approximate surface area is 255 Å². The van der Waals surface area contributed by atoms with Gasteiger partial charge in [0.25, 0.3) is 5.91 Å². The monoisotopic (exact) mass is 598 g/mol. The molecule has 1 aliphatic rings. The van der Waals surface area contributed by atoms with Crippen LogP contribution in [-0.2, 0) is 17.8 Å². The molecule has 0 aromatic heterocycles. The first-order valence-corrected chi connectivity index (χ1v) is 16.0. The van der Waals surface area contributed by atoms with Gasteiger partial charge >= 0.3 is 0 Å². The van der Waals surface area contributed by atoms with Crippen molar-refractivity contribution in [3.8, 4) is 17.2 Å². The molecule has 42 heavy (non-hydrogen) atoms. The fourth-order valence-electron chi connectivity index (χ4n) is 4.69. The number of hydrogen-bond donors (Lipinski definition) is 1. The van der Waals surface area contributed by atoms with Crippen molar-refractivity contribution in [2.75, 3.05) is 24.7 Å². The largest absolute Gasteiger partial charge is 0.490 e. The molecule has 0 spiro atoms. The molecule has 0 bridgehead atoms. The Morgan fingerprint density at radius 2 is 1.76 bits per heavy atom. The van der Waals surface area contributed by atoms with Crippen molar-refractivity contribution >= 4 is 46.4 Å². The summed E-state index contributed by atoms with van der Waals surface area (Å²) in [6.07, 6.45) is 4.00. The summed E-state index contributed by atoms with van der Waals surface area (Å²) in [4.78, 5) is 12.4. The third-order valence-corrected chi connectivity index (χ3v) is 9.72. The minimum Gasteiger partial charge on any atom is -0.490 e. The highest BCUT2D eigenvalue weighted by molar-refractivity contribution is 8.19. The average Bonchev–Trinajstić information content (AvgIpc) is 3.56. The summed E-state index contributed by atoms with van der Waals surface area (Å²) < 4.78 is 18.5. The van der Waals surface area contributed by atoms with Crippen molar-refractivity contribution in [3.63, 3.8) is 0 Å². The van der Waals surface area contributed by atoms with Gasteiger partial charge in [-0.25, -0.2) is 5.43 Å². The Morgan fingerprint density at radius 3 is 2.55 bits per heavy atom. The number of carbonyl (C=O) groups excluding carboxylic acids is 1. The highest BCUT2D eigenvalue weighted by atomic mass is 32.2.